The molecule has 1 rings (SSSR count). The number of halogens is 1. The third-order valence-electron chi connectivity index (χ3n) is 2.74. The molecule has 102 valence electrons. The van der Waals surface area contributed by atoms with Crippen molar-refractivity contribution in [1.82, 2.24) is 4.72 Å². The smallest absolute Gasteiger partial charge is 0.241 e. The van der Waals surface area contributed by atoms with Crippen LogP contribution < -0.4 is 10.5 Å². The molecule has 0 radical (unpaired) electrons. The summed E-state index contributed by atoms with van der Waals surface area (Å²) in [7, 11) is -3.54. The maximum Gasteiger partial charge on any atom is 0.241 e. The van der Waals surface area contributed by atoms with Crippen LogP contribution in [0.1, 0.15) is 19.4 Å². The van der Waals surface area contributed by atoms with Crippen LogP contribution in [-0.2, 0) is 10.0 Å². The van der Waals surface area contributed by atoms with Gasteiger partial charge in [-0.1, -0.05) is 19.9 Å². The topological polar surface area (TPSA) is 72.2 Å². The van der Waals surface area contributed by atoms with Crippen molar-refractivity contribution in [2.45, 2.75) is 31.7 Å². The molecule has 0 aliphatic heterocycles. The molecule has 0 bridgehead atoms. The molecular formula is C12H19BrN2O2S. The number of hydrogen-bond donors (Lipinski definition) is 2. The number of aryl methyl sites for hydroxylation is 1. The van der Waals surface area contributed by atoms with Crippen molar-refractivity contribution >= 4 is 26.0 Å². The molecule has 0 fully saturated rings. The van der Waals surface area contributed by atoms with Crippen molar-refractivity contribution in [3.05, 3.63) is 28.2 Å². The van der Waals surface area contributed by atoms with Crippen molar-refractivity contribution in [2.75, 3.05) is 6.54 Å². The van der Waals surface area contributed by atoms with Gasteiger partial charge in [-0.2, -0.15) is 0 Å². The van der Waals surface area contributed by atoms with E-state index in [1.165, 1.54) is 0 Å². The van der Waals surface area contributed by atoms with Gasteiger partial charge >= 0.3 is 0 Å². The van der Waals surface area contributed by atoms with Gasteiger partial charge in [-0.25, -0.2) is 13.1 Å². The molecule has 0 saturated heterocycles. The first-order chi connectivity index (χ1) is 8.27. The van der Waals surface area contributed by atoms with Crippen LogP contribution in [0.25, 0.3) is 0 Å². The van der Waals surface area contributed by atoms with E-state index in [0.717, 1.165) is 5.56 Å². The van der Waals surface area contributed by atoms with E-state index in [1.54, 1.807) is 18.2 Å². The van der Waals surface area contributed by atoms with E-state index in [1.807, 2.05) is 20.8 Å². The Balaban J connectivity index is 3.06. The third-order valence-corrected chi connectivity index (χ3v) is 5.21. The maximum absolute atomic E-state index is 12.2. The van der Waals surface area contributed by atoms with Gasteiger partial charge in [-0.3, -0.25) is 0 Å². The van der Waals surface area contributed by atoms with Crippen molar-refractivity contribution in [1.29, 1.82) is 0 Å². The van der Waals surface area contributed by atoms with Crippen LogP contribution in [0.2, 0.25) is 0 Å². The summed E-state index contributed by atoms with van der Waals surface area (Å²) < 4.78 is 27.7. The quantitative estimate of drug-likeness (QED) is 0.865. The molecule has 1 aromatic carbocycles. The van der Waals surface area contributed by atoms with E-state index in [2.05, 4.69) is 20.7 Å². The monoisotopic (exact) mass is 334 g/mol. The van der Waals surface area contributed by atoms with E-state index in [-0.39, 0.29) is 23.4 Å². The van der Waals surface area contributed by atoms with Gasteiger partial charge in [0.25, 0.3) is 0 Å². The van der Waals surface area contributed by atoms with Crippen LogP contribution in [0.4, 0.5) is 0 Å². The number of nitrogens with two attached hydrogens (primary N) is 1. The van der Waals surface area contributed by atoms with Crippen molar-refractivity contribution < 1.29 is 8.42 Å². The predicted molar refractivity (Wildman–Crippen MR) is 76.9 cm³/mol. The fourth-order valence-corrected chi connectivity index (χ4v) is 4.13. The van der Waals surface area contributed by atoms with Gasteiger partial charge in [-0.15, -0.1) is 0 Å². The highest BCUT2D eigenvalue weighted by Crippen LogP contribution is 2.23. The number of benzene rings is 1. The molecular weight excluding hydrogens is 316 g/mol. The molecule has 1 atom stereocenters. The highest BCUT2D eigenvalue weighted by atomic mass is 79.9. The lowest BCUT2D eigenvalue weighted by Gasteiger charge is -2.20. The summed E-state index contributed by atoms with van der Waals surface area (Å²) >= 11 is 3.28. The highest BCUT2D eigenvalue weighted by Gasteiger charge is 2.23. The second-order valence-electron chi connectivity index (χ2n) is 4.64. The second kappa shape index (κ2) is 6.14. The Morgan fingerprint density at radius 2 is 2.00 bits per heavy atom. The molecule has 1 aromatic rings. The first-order valence-electron chi connectivity index (χ1n) is 5.76. The normalized spacial score (nSPS) is 13.9. The summed E-state index contributed by atoms with van der Waals surface area (Å²) in [5.74, 6) is 0.147. The lowest BCUT2D eigenvalue weighted by molar-refractivity contribution is 0.454. The zero-order valence-corrected chi connectivity index (χ0v) is 13.2. The molecule has 6 heteroatoms. The molecule has 0 aliphatic carbocycles. The average molecular weight is 335 g/mol. The lowest BCUT2D eigenvalue weighted by atomic mass is 10.1. The van der Waals surface area contributed by atoms with E-state index in [0.29, 0.717) is 4.47 Å². The second-order valence-corrected chi connectivity index (χ2v) is 7.18. The first kappa shape index (κ1) is 15.6. The Hall–Kier alpha value is -0.430. The molecule has 0 spiro atoms. The number of hydrogen-bond acceptors (Lipinski definition) is 3. The Morgan fingerprint density at radius 1 is 1.39 bits per heavy atom. The van der Waals surface area contributed by atoms with Crippen LogP contribution >= 0.6 is 15.9 Å². The molecule has 0 aromatic heterocycles. The molecule has 4 nitrogen and oxygen atoms in total. The van der Waals surface area contributed by atoms with Crippen molar-refractivity contribution in [2.24, 2.45) is 11.7 Å². The minimum Gasteiger partial charge on any atom is -0.329 e. The van der Waals surface area contributed by atoms with Gasteiger partial charge < -0.3 is 5.73 Å². The fraction of sp³-hybridized carbons (Fsp3) is 0.500. The highest BCUT2D eigenvalue weighted by molar-refractivity contribution is 9.10. The van der Waals surface area contributed by atoms with Crippen LogP contribution in [0, 0.1) is 12.8 Å². The summed E-state index contributed by atoms with van der Waals surface area (Å²) in [6, 6.07) is 4.88. The standard InChI is InChI=1S/C12H19BrN2O2S/c1-8(2)11(7-14)15-18(16,17)12-5-4-9(3)6-10(12)13/h4-6,8,11,15H,7,14H2,1-3H3. The Morgan fingerprint density at radius 3 is 2.44 bits per heavy atom. The van der Waals surface area contributed by atoms with Crippen LogP contribution in [0.5, 0.6) is 0 Å². The van der Waals surface area contributed by atoms with E-state index < -0.39 is 10.0 Å². The molecule has 3 N–H and O–H groups in total. The third kappa shape index (κ3) is 3.78. The largest absolute Gasteiger partial charge is 0.329 e. The van der Waals surface area contributed by atoms with Crippen molar-refractivity contribution in [3.63, 3.8) is 0 Å². The summed E-state index contributed by atoms with van der Waals surface area (Å²) in [6.45, 7) is 6.06. The van der Waals surface area contributed by atoms with Crippen LogP contribution in [0.15, 0.2) is 27.6 Å². The Bertz CT molecular complexity index is 515. The zero-order chi connectivity index (χ0) is 13.9. The van der Waals surface area contributed by atoms with E-state index in [4.69, 9.17) is 5.73 Å². The number of rotatable bonds is 5. The van der Waals surface area contributed by atoms with Gasteiger partial charge in [0.05, 0.1) is 4.90 Å². The fourth-order valence-electron chi connectivity index (χ4n) is 1.54. The van der Waals surface area contributed by atoms with E-state index >= 15 is 0 Å². The van der Waals surface area contributed by atoms with Gasteiger partial charge in [0.1, 0.15) is 0 Å². The van der Waals surface area contributed by atoms with Crippen LogP contribution in [0.3, 0.4) is 0 Å². The van der Waals surface area contributed by atoms with E-state index in [9.17, 15) is 8.42 Å². The summed E-state index contributed by atoms with van der Waals surface area (Å²) in [5.41, 5.74) is 6.58. The summed E-state index contributed by atoms with van der Waals surface area (Å²) in [6.07, 6.45) is 0. The SMILES string of the molecule is Cc1ccc(S(=O)(=O)NC(CN)C(C)C)c(Br)c1. The minimum atomic E-state index is -3.54. The summed E-state index contributed by atoms with van der Waals surface area (Å²) in [4.78, 5) is 0.243. The molecule has 18 heavy (non-hydrogen) atoms. The first-order valence-corrected chi connectivity index (χ1v) is 8.04. The molecule has 1 unspecified atom stereocenters. The molecule has 0 heterocycles. The van der Waals surface area contributed by atoms with Gasteiger partial charge in [-0.05, 0) is 46.5 Å². The van der Waals surface area contributed by atoms with Crippen LogP contribution in [-0.4, -0.2) is 21.0 Å². The Labute approximate surface area is 117 Å². The van der Waals surface area contributed by atoms with Gasteiger partial charge in [0.2, 0.25) is 10.0 Å². The number of sulfonamides is 1. The summed E-state index contributed by atoms with van der Waals surface area (Å²) in [5, 5.41) is 0. The predicted octanol–water partition coefficient (Wildman–Crippen LogP) is 2.02. The number of nitrogens with one attached hydrogen (secondary N) is 1. The van der Waals surface area contributed by atoms with Crippen molar-refractivity contribution in [3.8, 4) is 0 Å². The van der Waals surface area contributed by atoms with Gasteiger partial charge in [0.15, 0.2) is 0 Å². The molecule has 0 amide bonds. The molecule has 0 aliphatic rings. The zero-order valence-electron chi connectivity index (χ0n) is 10.8. The minimum absolute atomic E-state index is 0.147. The Kier molecular flexibility index (Phi) is 5.33. The lowest BCUT2D eigenvalue weighted by Crippen LogP contribution is -2.43. The molecule has 0 saturated carbocycles. The average Bonchev–Trinajstić information content (AvgIpc) is 2.24. The maximum atomic E-state index is 12.2. The van der Waals surface area contributed by atoms with Gasteiger partial charge in [0, 0.05) is 17.1 Å².